The molecule has 4 heteroatoms. The first-order valence-corrected chi connectivity index (χ1v) is 19.0. The first-order valence-electron chi connectivity index (χ1n) is 19.0. The van der Waals surface area contributed by atoms with E-state index in [2.05, 4.69) is 45.1 Å². The maximum Gasteiger partial charge on any atom is 0.337 e. The van der Waals surface area contributed by atoms with Crippen LogP contribution in [0.3, 0.4) is 0 Å². The number of rotatable bonds is 30. The van der Waals surface area contributed by atoms with Crippen molar-refractivity contribution >= 4 is 5.97 Å². The fraction of sp³-hybridized carbons (Fsp3) is 0.825. The molecule has 4 nitrogen and oxygen atoms in total. The zero-order valence-corrected chi connectivity index (χ0v) is 29.4. The monoisotopic (exact) mass is 617 g/mol. The number of ether oxygens (including phenoxy) is 2. The number of allylic oxidation sites excluding steroid dienone is 5. The van der Waals surface area contributed by atoms with E-state index >= 15 is 0 Å². The van der Waals surface area contributed by atoms with Gasteiger partial charge in [-0.25, -0.2) is 4.79 Å². The number of aliphatic hydroxyl groups excluding tert-OH is 1. The smallest absolute Gasteiger partial charge is 0.337 e. The van der Waals surface area contributed by atoms with E-state index in [4.69, 9.17) is 9.47 Å². The molecule has 1 aliphatic heterocycles. The van der Waals surface area contributed by atoms with Gasteiger partial charge in [0, 0.05) is 6.42 Å². The lowest BCUT2D eigenvalue weighted by Crippen LogP contribution is -2.22. The largest absolute Gasteiger partial charge is 0.488 e. The fourth-order valence-corrected chi connectivity index (χ4v) is 5.90. The summed E-state index contributed by atoms with van der Waals surface area (Å²) >= 11 is 0. The molecule has 0 unspecified atom stereocenters. The van der Waals surface area contributed by atoms with Gasteiger partial charge >= 0.3 is 5.97 Å². The molecule has 0 radical (unpaired) electrons. The van der Waals surface area contributed by atoms with Crippen molar-refractivity contribution < 1.29 is 19.4 Å². The van der Waals surface area contributed by atoms with Crippen LogP contribution in [0.25, 0.3) is 0 Å². The minimum atomic E-state index is -0.443. The van der Waals surface area contributed by atoms with Crippen LogP contribution in [0, 0.1) is 5.92 Å². The van der Waals surface area contributed by atoms with Crippen molar-refractivity contribution in [1.29, 1.82) is 0 Å². The number of unbranched alkanes of at least 4 members (excludes halogenated alkanes) is 19. The Balaban J connectivity index is 2.21. The highest BCUT2D eigenvalue weighted by molar-refractivity contribution is 5.89. The van der Waals surface area contributed by atoms with Gasteiger partial charge in [-0.3, -0.25) is 0 Å². The van der Waals surface area contributed by atoms with Gasteiger partial charge in [-0.05, 0) is 76.5 Å². The lowest BCUT2D eigenvalue weighted by Gasteiger charge is -2.16. The molecule has 0 fully saturated rings. The minimum Gasteiger partial charge on any atom is -0.488 e. The SMILES string of the molecule is CCCCCCCC/C=C\CCCCCCCC1=C(CCCCCC/C=C\CCCCCCC(C)C)C(=O)OC[C@H](CO)O1. The van der Waals surface area contributed by atoms with E-state index in [0.717, 1.165) is 50.2 Å². The molecule has 0 saturated heterocycles. The van der Waals surface area contributed by atoms with Crippen LogP contribution in [0.2, 0.25) is 0 Å². The van der Waals surface area contributed by atoms with Crippen LogP contribution < -0.4 is 0 Å². The number of hydrogen-bond acceptors (Lipinski definition) is 4. The van der Waals surface area contributed by atoms with E-state index in [1.807, 2.05) is 0 Å². The molecule has 1 rings (SSSR count). The van der Waals surface area contributed by atoms with Crippen LogP contribution in [0.15, 0.2) is 35.6 Å². The Morgan fingerprint density at radius 3 is 1.61 bits per heavy atom. The van der Waals surface area contributed by atoms with E-state index in [1.54, 1.807) is 0 Å². The number of cyclic esters (lactones) is 1. The van der Waals surface area contributed by atoms with Crippen LogP contribution in [0.1, 0.15) is 188 Å². The number of carbonyl (C=O) groups excluding carboxylic acids is 1. The van der Waals surface area contributed by atoms with Gasteiger partial charge in [0.2, 0.25) is 0 Å². The van der Waals surface area contributed by atoms with Crippen molar-refractivity contribution in [3.63, 3.8) is 0 Å². The van der Waals surface area contributed by atoms with Crippen molar-refractivity contribution in [2.24, 2.45) is 5.92 Å². The molecule has 0 spiro atoms. The van der Waals surface area contributed by atoms with Gasteiger partial charge in [0.15, 0.2) is 6.10 Å². The Morgan fingerprint density at radius 1 is 0.659 bits per heavy atom. The molecule has 44 heavy (non-hydrogen) atoms. The zero-order chi connectivity index (χ0) is 31.9. The van der Waals surface area contributed by atoms with E-state index in [1.165, 1.54) is 122 Å². The second-order valence-electron chi connectivity index (χ2n) is 13.6. The quantitative estimate of drug-likeness (QED) is 0.0495. The number of aliphatic hydroxyl groups is 1. The van der Waals surface area contributed by atoms with Gasteiger partial charge in [0.25, 0.3) is 0 Å². The summed E-state index contributed by atoms with van der Waals surface area (Å²) in [6.07, 6.45) is 40.7. The predicted octanol–water partition coefficient (Wildman–Crippen LogP) is 12.1. The standard InChI is InChI=1S/C40H72O4/c1-4-5-6-7-8-9-10-11-12-13-18-21-24-27-30-33-39-38(40(42)43-35-37(34-41)44-39)32-29-26-23-20-17-15-14-16-19-22-25-28-31-36(2)3/h11-12,14-15,36-37,41H,4-10,13,16-35H2,1-3H3/b12-11-,15-14-/t37-/m0/s1. The summed E-state index contributed by atoms with van der Waals surface area (Å²) < 4.78 is 11.6. The predicted molar refractivity (Wildman–Crippen MR) is 189 cm³/mol. The highest BCUT2D eigenvalue weighted by Crippen LogP contribution is 2.26. The molecule has 256 valence electrons. The molecule has 1 heterocycles. The van der Waals surface area contributed by atoms with Crippen molar-refractivity contribution in [1.82, 2.24) is 0 Å². The van der Waals surface area contributed by atoms with Crippen LogP contribution in [0.5, 0.6) is 0 Å². The summed E-state index contributed by atoms with van der Waals surface area (Å²) in [4.78, 5) is 12.8. The Bertz CT molecular complexity index is 750. The van der Waals surface area contributed by atoms with Crippen LogP contribution in [-0.2, 0) is 14.3 Å². The Hall–Kier alpha value is -1.55. The van der Waals surface area contributed by atoms with Gasteiger partial charge in [-0.1, -0.05) is 135 Å². The molecule has 0 saturated carbocycles. The van der Waals surface area contributed by atoms with Crippen molar-refractivity contribution in [2.75, 3.05) is 13.2 Å². The van der Waals surface area contributed by atoms with E-state index in [-0.39, 0.29) is 19.2 Å². The third kappa shape index (κ3) is 23.8. The molecule has 0 amide bonds. The molecule has 0 aromatic heterocycles. The van der Waals surface area contributed by atoms with Crippen molar-refractivity contribution in [3.05, 3.63) is 35.6 Å². The van der Waals surface area contributed by atoms with Crippen LogP contribution in [0.4, 0.5) is 0 Å². The average molecular weight is 617 g/mol. The summed E-state index contributed by atoms with van der Waals surface area (Å²) in [5.41, 5.74) is 0.713. The summed E-state index contributed by atoms with van der Waals surface area (Å²) in [6.45, 7) is 6.91. The zero-order valence-electron chi connectivity index (χ0n) is 29.4. The lowest BCUT2D eigenvalue weighted by molar-refractivity contribution is -0.141. The Labute approximate surface area is 273 Å². The van der Waals surface area contributed by atoms with Crippen molar-refractivity contribution in [2.45, 2.75) is 194 Å². The summed E-state index contributed by atoms with van der Waals surface area (Å²) in [5, 5.41) is 9.68. The molecule has 1 N–H and O–H groups in total. The molecule has 1 atom stereocenters. The summed E-state index contributed by atoms with van der Waals surface area (Å²) in [5.74, 6) is 1.37. The van der Waals surface area contributed by atoms with E-state index < -0.39 is 6.10 Å². The molecular formula is C40H72O4. The second-order valence-corrected chi connectivity index (χ2v) is 13.6. The average Bonchev–Trinajstić information content (AvgIpc) is 3.16. The molecule has 0 aromatic carbocycles. The molecule has 1 aliphatic rings. The molecule has 0 bridgehead atoms. The van der Waals surface area contributed by atoms with Gasteiger partial charge in [-0.15, -0.1) is 0 Å². The third-order valence-corrected chi connectivity index (χ3v) is 8.78. The molecule has 0 aliphatic carbocycles. The van der Waals surface area contributed by atoms with Gasteiger partial charge in [0.05, 0.1) is 12.2 Å². The maximum atomic E-state index is 12.8. The van der Waals surface area contributed by atoms with Gasteiger partial charge in [0.1, 0.15) is 12.4 Å². The number of hydrogen-bond donors (Lipinski definition) is 1. The maximum absolute atomic E-state index is 12.8. The van der Waals surface area contributed by atoms with Crippen LogP contribution in [-0.4, -0.2) is 30.4 Å². The minimum absolute atomic E-state index is 0.123. The Morgan fingerprint density at radius 2 is 1.11 bits per heavy atom. The van der Waals surface area contributed by atoms with E-state index in [0.29, 0.717) is 12.0 Å². The highest BCUT2D eigenvalue weighted by atomic mass is 16.6. The number of carbonyl (C=O) groups is 1. The summed E-state index contributed by atoms with van der Waals surface area (Å²) in [6, 6.07) is 0. The van der Waals surface area contributed by atoms with Crippen molar-refractivity contribution in [3.8, 4) is 0 Å². The molecule has 0 aromatic rings. The number of esters is 1. The van der Waals surface area contributed by atoms with Gasteiger partial charge in [-0.2, -0.15) is 0 Å². The lowest BCUT2D eigenvalue weighted by atomic mass is 10.0. The first kappa shape index (κ1) is 40.5. The third-order valence-electron chi connectivity index (χ3n) is 8.78. The van der Waals surface area contributed by atoms with Gasteiger partial charge < -0.3 is 14.6 Å². The first-order chi connectivity index (χ1) is 21.6. The molecular weight excluding hydrogens is 544 g/mol. The second kappa shape index (κ2) is 30.1. The fourth-order valence-electron chi connectivity index (χ4n) is 5.90. The Kier molecular flexibility index (Phi) is 27.7. The topological polar surface area (TPSA) is 55.8 Å². The highest BCUT2D eigenvalue weighted by Gasteiger charge is 2.26. The summed E-state index contributed by atoms with van der Waals surface area (Å²) in [7, 11) is 0. The van der Waals surface area contributed by atoms with E-state index in [9.17, 15) is 9.90 Å². The normalized spacial score (nSPS) is 15.9. The van der Waals surface area contributed by atoms with Crippen LogP contribution >= 0.6 is 0 Å².